The average molecular weight is 293 g/mol. The Morgan fingerprint density at radius 2 is 2.15 bits per heavy atom. The Balaban J connectivity index is 1.88. The fourth-order valence-electron chi connectivity index (χ4n) is 3.42. The molecule has 1 N–H and O–H groups in total. The molecule has 0 aromatic heterocycles. The van der Waals surface area contributed by atoms with Crippen LogP contribution in [0.25, 0.3) is 0 Å². The highest BCUT2D eigenvalue weighted by Crippen LogP contribution is 2.42. The van der Waals surface area contributed by atoms with E-state index in [1.807, 2.05) is 0 Å². The van der Waals surface area contributed by atoms with Crippen molar-refractivity contribution < 1.29 is 0 Å². The zero-order valence-corrected chi connectivity index (χ0v) is 13.5. The summed E-state index contributed by atoms with van der Waals surface area (Å²) in [6, 6.07) is 7.07. The largest absolute Gasteiger partial charge is 0.365 e. The quantitative estimate of drug-likeness (QED) is 0.906. The Morgan fingerprint density at radius 3 is 2.75 bits per heavy atom. The third-order valence-corrected chi connectivity index (χ3v) is 5.53. The van der Waals surface area contributed by atoms with Crippen LogP contribution in [0.4, 0.5) is 5.69 Å². The van der Waals surface area contributed by atoms with Gasteiger partial charge in [-0.15, -0.1) is 0 Å². The molecule has 1 aromatic carbocycles. The lowest BCUT2D eigenvalue weighted by Crippen LogP contribution is -2.64. The summed E-state index contributed by atoms with van der Waals surface area (Å²) in [6.45, 7) is 8.90. The minimum Gasteiger partial charge on any atom is -0.365 e. The Labute approximate surface area is 127 Å². The van der Waals surface area contributed by atoms with Crippen molar-refractivity contribution in [3.63, 3.8) is 0 Å². The molecule has 1 aliphatic heterocycles. The zero-order valence-electron chi connectivity index (χ0n) is 12.7. The molecule has 2 aliphatic rings. The summed E-state index contributed by atoms with van der Waals surface area (Å²) in [7, 11) is 0. The van der Waals surface area contributed by atoms with Gasteiger partial charge in [-0.3, -0.25) is 0 Å². The van der Waals surface area contributed by atoms with Crippen molar-refractivity contribution in [2.75, 3.05) is 18.0 Å². The van der Waals surface area contributed by atoms with Gasteiger partial charge >= 0.3 is 0 Å². The van der Waals surface area contributed by atoms with Crippen LogP contribution in [0.5, 0.6) is 0 Å². The first kappa shape index (κ1) is 14.2. The highest BCUT2D eigenvalue weighted by molar-refractivity contribution is 6.31. The van der Waals surface area contributed by atoms with Crippen LogP contribution >= 0.6 is 11.6 Å². The third-order valence-electron chi connectivity index (χ3n) is 5.12. The Bertz CT molecular complexity index is 498. The molecule has 2 nitrogen and oxygen atoms in total. The number of piperazine rings is 1. The van der Waals surface area contributed by atoms with Crippen molar-refractivity contribution in [2.24, 2.45) is 5.92 Å². The number of anilines is 1. The van der Waals surface area contributed by atoms with E-state index in [2.05, 4.69) is 49.2 Å². The van der Waals surface area contributed by atoms with E-state index in [0.717, 1.165) is 29.6 Å². The molecule has 20 heavy (non-hydrogen) atoms. The van der Waals surface area contributed by atoms with E-state index >= 15 is 0 Å². The molecule has 0 spiro atoms. The molecule has 1 saturated carbocycles. The molecule has 1 saturated heterocycles. The van der Waals surface area contributed by atoms with E-state index in [9.17, 15) is 0 Å². The van der Waals surface area contributed by atoms with Crippen LogP contribution in [0, 0.1) is 12.8 Å². The maximum atomic E-state index is 6.33. The van der Waals surface area contributed by atoms with E-state index in [-0.39, 0.29) is 5.54 Å². The predicted molar refractivity (Wildman–Crippen MR) is 86.7 cm³/mol. The van der Waals surface area contributed by atoms with Crippen LogP contribution in [0.15, 0.2) is 18.2 Å². The van der Waals surface area contributed by atoms with Crippen LogP contribution in [-0.2, 0) is 0 Å². The molecule has 110 valence electrons. The second-order valence-corrected chi connectivity index (χ2v) is 7.10. The summed E-state index contributed by atoms with van der Waals surface area (Å²) >= 11 is 6.33. The van der Waals surface area contributed by atoms with Crippen LogP contribution in [0.1, 0.15) is 38.7 Å². The molecule has 3 rings (SSSR count). The fourth-order valence-corrected chi connectivity index (χ4v) is 3.60. The maximum absolute atomic E-state index is 6.33. The van der Waals surface area contributed by atoms with Crippen LogP contribution < -0.4 is 10.2 Å². The first-order chi connectivity index (χ1) is 9.53. The number of benzene rings is 1. The summed E-state index contributed by atoms with van der Waals surface area (Å²) in [5.41, 5.74) is 2.70. The second-order valence-electron chi connectivity index (χ2n) is 6.70. The van der Waals surface area contributed by atoms with Crippen LogP contribution in [0.2, 0.25) is 5.02 Å². The number of aryl methyl sites for hydroxylation is 1. The monoisotopic (exact) mass is 292 g/mol. The van der Waals surface area contributed by atoms with E-state index in [4.69, 9.17) is 11.6 Å². The predicted octanol–water partition coefficient (Wildman–Crippen LogP) is 4.01. The lowest BCUT2D eigenvalue weighted by Gasteiger charge is -2.48. The van der Waals surface area contributed by atoms with E-state index in [0.29, 0.717) is 6.04 Å². The van der Waals surface area contributed by atoms with Gasteiger partial charge in [0.15, 0.2) is 0 Å². The first-order valence-corrected chi connectivity index (χ1v) is 8.19. The number of hydrogen-bond acceptors (Lipinski definition) is 2. The lowest BCUT2D eigenvalue weighted by molar-refractivity contribution is 0.252. The highest BCUT2D eigenvalue weighted by Gasteiger charge is 2.45. The second kappa shape index (κ2) is 5.23. The topological polar surface area (TPSA) is 15.3 Å². The maximum Gasteiger partial charge on any atom is 0.0455 e. The van der Waals surface area contributed by atoms with E-state index in [1.165, 1.54) is 24.9 Å². The normalized spacial score (nSPS) is 30.6. The average Bonchev–Trinajstić information content (AvgIpc) is 3.27. The Kier molecular flexibility index (Phi) is 3.72. The summed E-state index contributed by atoms with van der Waals surface area (Å²) in [5, 5.41) is 4.69. The van der Waals surface area contributed by atoms with Gasteiger partial charge in [-0.25, -0.2) is 0 Å². The number of nitrogens with one attached hydrogen (secondary N) is 1. The molecule has 2 fully saturated rings. The molecule has 1 heterocycles. The van der Waals surface area contributed by atoms with Crippen molar-refractivity contribution in [2.45, 2.75) is 51.6 Å². The van der Waals surface area contributed by atoms with Crippen molar-refractivity contribution in [1.29, 1.82) is 0 Å². The molecule has 3 heteroatoms. The third kappa shape index (κ3) is 2.56. The summed E-state index contributed by atoms with van der Waals surface area (Å²) in [5.74, 6) is 0.851. The van der Waals surface area contributed by atoms with Crippen molar-refractivity contribution in [3.8, 4) is 0 Å². The van der Waals surface area contributed by atoms with Gasteiger partial charge in [0.25, 0.3) is 0 Å². The molecule has 0 radical (unpaired) electrons. The molecule has 2 atom stereocenters. The molecular formula is C17H25ClN2. The van der Waals surface area contributed by atoms with Gasteiger partial charge in [-0.1, -0.05) is 24.6 Å². The van der Waals surface area contributed by atoms with Crippen molar-refractivity contribution >= 4 is 17.3 Å². The van der Waals surface area contributed by atoms with Gasteiger partial charge in [-0.2, -0.15) is 0 Å². The summed E-state index contributed by atoms with van der Waals surface area (Å²) in [6.07, 6.45) is 3.92. The van der Waals surface area contributed by atoms with Crippen LogP contribution in [0.3, 0.4) is 0 Å². The summed E-state index contributed by atoms with van der Waals surface area (Å²) in [4.78, 5) is 2.57. The SMILES string of the molecule is CCC1CNC(C)(C2CC2)CN1c1ccc(C)c(Cl)c1. The molecule has 2 unspecified atom stereocenters. The van der Waals surface area contributed by atoms with Crippen LogP contribution in [-0.4, -0.2) is 24.7 Å². The lowest BCUT2D eigenvalue weighted by atomic mass is 9.90. The minimum atomic E-state index is 0.267. The van der Waals surface area contributed by atoms with Crippen molar-refractivity contribution in [1.82, 2.24) is 5.32 Å². The van der Waals surface area contributed by atoms with E-state index in [1.54, 1.807) is 0 Å². The molecule has 1 aliphatic carbocycles. The molecule has 0 amide bonds. The summed E-state index contributed by atoms with van der Waals surface area (Å²) < 4.78 is 0. The first-order valence-electron chi connectivity index (χ1n) is 7.81. The van der Waals surface area contributed by atoms with E-state index < -0.39 is 0 Å². The Morgan fingerprint density at radius 1 is 1.40 bits per heavy atom. The highest BCUT2D eigenvalue weighted by atomic mass is 35.5. The number of rotatable bonds is 3. The number of nitrogens with zero attached hydrogens (tertiary/aromatic N) is 1. The van der Waals surface area contributed by atoms with Crippen molar-refractivity contribution in [3.05, 3.63) is 28.8 Å². The van der Waals surface area contributed by atoms with Gasteiger partial charge in [0.05, 0.1) is 0 Å². The van der Waals surface area contributed by atoms with Gasteiger partial charge in [0.1, 0.15) is 0 Å². The van der Waals surface area contributed by atoms with Gasteiger partial charge < -0.3 is 10.2 Å². The number of halogens is 1. The smallest absolute Gasteiger partial charge is 0.0455 e. The van der Waals surface area contributed by atoms with Gasteiger partial charge in [-0.05, 0) is 56.7 Å². The Hall–Kier alpha value is -0.730. The minimum absolute atomic E-state index is 0.267. The van der Waals surface area contributed by atoms with Gasteiger partial charge in [0, 0.05) is 35.4 Å². The fraction of sp³-hybridized carbons (Fsp3) is 0.647. The molecule has 1 aromatic rings. The molecule has 0 bridgehead atoms. The number of hydrogen-bond donors (Lipinski definition) is 1. The standard InChI is InChI=1S/C17H25ClN2/c1-4-14-10-19-17(3,13-6-7-13)11-20(14)15-8-5-12(2)16(18)9-15/h5,8-9,13-14,19H,4,6-7,10-11H2,1-3H3. The van der Waals surface area contributed by atoms with Gasteiger partial charge in [0.2, 0.25) is 0 Å². The molecular weight excluding hydrogens is 268 g/mol. The zero-order chi connectivity index (χ0) is 14.3.